The second kappa shape index (κ2) is 5.30. The van der Waals surface area contributed by atoms with Crippen molar-refractivity contribution in [2.75, 3.05) is 19.8 Å². The third-order valence-electron chi connectivity index (χ3n) is 0.569. The average molecular weight is 134 g/mol. The second-order valence-corrected chi connectivity index (χ2v) is 1.17. The van der Waals surface area contributed by atoms with Gasteiger partial charge in [0, 0.05) is 6.61 Å². The van der Waals surface area contributed by atoms with E-state index < -0.39 is 5.09 Å². The molecule has 53 valence electrons. The van der Waals surface area contributed by atoms with Crippen LogP contribution in [0.1, 0.15) is 0 Å². The zero-order valence-corrected chi connectivity index (χ0v) is 4.91. The van der Waals surface area contributed by atoms with Gasteiger partial charge in [0.1, 0.15) is 6.61 Å². The van der Waals surface area contributed by atoms with Gasteiger partial charge in [-0.05, 0) is 6.92 Å². The average Bonchev–Trinajstić information content (AvgIpc) is 1.80. The van der Waals surface area contributed by atoms with Crippen LogP contribution in [0.15, 0.2) is 0 Å². The Kier molecular flexibility index (Phi) is 4.81. The summed E-state index contributed by atoms with van der Waals surface area (Å²) in [4.78, 5) is 13.4. The van der Waals surface area contributed by atoms with Crippen molar-refractivity contribution in [1.82, 2.24) is 0 Å². The summed E-state index contributed by atoms with van der Waals surface area (Å²) in [5, 5.41) is 8.62. The Labute approximate surface area is 52.7 Å². The van der Waals surface area contributed by atoms with Crippen LogP contribution in [-0.4, -0.2) is 24.9 Å². The first-order valence-corrected chi connectivity index (χ1v) is 2.41. The molecule has 0 atom stereocenters. The number of ether oxygens (including phenoxy) is 1. The maximum Gasteiger partial charge on any atom is 0.294 e. The molecule has 1 radical (unpaired) electrons. The summed E-state index contributed by atoms with van der Waals surface area (Å²) in [6.45, 7) is 3.85. The van der Waals surface area contributed by atoms with Crippen molar-refractivity contribution >= 4 is 0 Å². The first kappa shape index (κ1) is 8.16. The summed E-state index contributed by atoms with van der Waals surface area (Å²) in [7, 11) is 0. The van der Waals surface area contributed by atoms with Crippen molar-refractivity contribution < 1.29 is 14.7 Å². The molecule has 0 amide bonds. The fourth-order valence-corrected chi connectivity index (χ4v) is 0.273. The van der Waals surface area contributed by atoms with Gasteiger partial charge in [-0.2, -0.15) is 0 Å². The molecule has 0 rings (SSSR count). The van der Waals surface area contributed by atoms with Crippen LogP contribution in [0, 0.1) is 17.0 Å². The molecule has 0 aliphatic heterocycles. The van der Waals surface area contributed by atoms with E-state index in [0.29, 0.717) is 6.61 Å². The third-order valence-corrected chi connectivity index (χ3v) is 0.569. The predicted molar refractivity (Wildman–Crippen MR) is 29.1 cm³/mol. The summed E-state index contributed by atoms with van der Waals surface area (Å²) >= 11 is 0. The molecule has 0 fully saturated rings. The highest BCUT2D eigenvalue weighted by atomic mass is 17.0. The van der Waals surface area contributed by atoms with Gasteiger partial charge in [-0.15, -0.1) is 10.1 Å². The van der Waals surface area contributed by atoms with Crippen LogP contribution in [0.3, 0.4) is 0 Å². The van der Waals surface area contributed by atoms with E-state index in [1.165, 1.54) is 0 Å². The van der Waals surface area contributed by atoms with E-state index in [2.05, 4.69) is 16.5 Å². The van der Waals surface area contributed by atoms with Gasteiger partial charge >= 0.3 is 0 Å². The number of nitrogens with zero attached hydrogens (tertiary/aromatic N) is 1. The maximum absolute atomic E-state index is 9.47. The lowest BCUT2D eigenvalue weighted by atomic mass is 10.7. The molecule has 0 aromatic carbocycles. The number of rotatable bonds is 5. The van der Waals surface area contributed by atoms with Crippen molar-refractivity contribution in [3.05, 3.63) is 17.0 Å². The predicted octanol–water partition coefficient (Wildman–Crippen LogP) is 0.0454. The molecular weight excluding hydrogens is 126 g/mol. The van der Waals surface area contributed by atoms with E-state index in [0.717, 1.165) is 0 Å². The zero-order valence-electron chi connectivity index (χ0n) is 4.91. The SMILES string of the molecule is [CH2]COCCO[N+](=O)[O-]. The lowest BCUT2D eigenvalue weighted by molar-refractivity contribution is -0.758. The van der Waals surface area contributed by atoms with Gasteiger partial charge in [0.25, 0.3) is 5.09 Å². The summed E-state index contributed by atoms with van der Waals surface area (Å²) in [6.07, 6.45) is 0. The van der Waals surface area contributed by atoms with Gasteiger partial charge in [-0.25, -0.2) is 0 Å². The minimum absolute atomic E-state index is 0.0253. The van der Waals surface area contributed by atoms with E-state index in [1.54, 1.807) is 0 Å². The molecule has 0 N–H and O–H groups in total. The van der Waals surface area contributed by atoms with Gasteiger partial charge in [-0.3, -0.25) is 0 Å². The Balaban J connectivity index is 2.83. The summed E-state index contributed by atoms with van der Waals surface area (Å²) in [5.74, 6) is 0. The van der Waals surface area contributed by atoms with Gasteiger partial charge < -0.3 is 9.57 Å². The van der Waals surface area contributed by atoms with Crippen LogP contribution in [0.25, 0.3) is 0 Å². The smallest absolute Gasteiger partial charge is 0.294 e. The molecule has 0 heterocycles. The molecule has 5 nitrogen and oxygen atoms in total. The molecule has 5 heteroatoms. The molecule has 0 saturated heterocycles. The maximum atomic E-state index is 9.47. The van der Waals surface area contributed by atoms with Crippen molar-refractivity contribution in [2.45, 2.75) is 0 Å². The fourth-order valence-electron chi connectivity index (χ4n) is 0.273. The van der Waals surface area contributed by atoms with Crippen molar-refractivity contribution in [2.24, 2.45) is 0 Å². The molecule has 0 aromatic heterocycles. The van der Waals surface area contributed by atoms with Gasteiger partial charge in [0.05, 0.1) is 6.61 Å². The first-order chi connectivity index (χ1) is 4.27. The third kappa shape index (κ3) is 7.16. The van der Waals surface area contributed by atoms with Gasteiger partial charge in [0.2, 0.25) is 0 Å². The summed E-state index contributed by atoms with van der Waals surface area (Å²) in [6, 6.07) is 0. The molecule has 0 aromatic rings. The van der Waals surface area contributed by atoms with Crippen LogP contribution in [-0.2, 0) is 9.57 Å². The molecule has 0 aliphatic carbocycles. The van der Waals surface area contributed by atoms with E-state index in [4.69, 9.17) is 0 Å². The van der Waals surface area contributed by atoms with Crippen LogP contribution >= 0.6 is 0 Å². The molecule has 0 saturated carbocycles. The van der Waals surface area contributed by atoms with Gasteiger partial charge in [0.15, 0.2) is 0 Å². The van der Waals surface area contributed by atoms with Crippen LogP contribution in [0.2, 0.25) is 0 Å². The largest absolute Gasteiger partial charge is 0.379 e. The molecule has 0 spiro atoms. The number of hydrogen-bond donors (Lipinski definition) is 0. The molecule has 0 unspecified atom stereocenters. The Hall–Kier alpha value is -0.840. The second-order valence-electron chi connectivity index (χ2n) is 1.17. The Morgan fingerprint density at radius 2 is 2.22 bits per heavy atom. The standard InChI is InChI=1S/C4H8NO4/c1-2-8-3-4-9-5(6)7/h1-4H2. The Morgan fingerprint density at radius 1 is 1.56 bits per heavy atom. The van der Waals surface area contributed by atoms with E-state index >= 15 is 0 Å². The van der Waals surface area contributed by atoms with Crippen molar-refractivity contribution in [3.8, 4) is 0 Å². The van der Waals surface area contributed by atoms with Gasteiger partial charge in [-0.1, -0.05) is 0 Å². The quantitative estimate of drug-likeness (QED) is 0.302. The first-order valence-electron chi connectivity index (χ1n) is 2.41. The minimum Gasteiger partial charge on any atom is -0.379 e. The number of hydrogen-bond acceptors (Lipinski definition) is 4. The van der Waals surface area contributed by atoms with Crippen molar-refractivity contribution in [3.63, 3.8) is 0 Å². The van der Waals surface area contributed by atoms with Crippen LogP contribution < -0.4 is 0 Å². The van der Waals surface area contributed by atoms with Crippen LogP contribution in [0.4, 0.5) is 0 Å². The molecular formula is C4H8NO4. The topological polar surface area (TPSA) is 61.6 Å². The molecule has 0 bridgehead atoms. The zero-order chi connectivity index (χ0) is 7.11. The minimum atomic E-state index is -0.855. The lowest BCUT2D eigenvalue weighted by Crippen LogP contribution is -2.08. The Bertz CT molecular complexity index is 84.6. The van der Waals surface area contributed by atoms with E-state index in [1.807, 2.05) is 0 Å². The Morgan fingerprint density at radius 3 is 2.67 bits per heavy atom. The summed E-state index contributed by atoms with van der Waals surface area (Å²) in [5.41, 5.74) is 0. The molecule has 9 heavy (non-hydrogen) atoms. The highest BCUT2D eigenvalue weighted by molar-refractivity contribution is 4.29. The van der Waals surface area contributed by atoms with E-state index in [9.17, 15) is 10.1 Å². The lowest BCUT2D eigenvalue weighted by Gasteiger charge is -1.97. The van der Waals surface area contributed by atoms with Crippen LogP contribution in [0.5, 0.6) is 0 Å². The monoisotopic (exact) mass is 134 g/mol. The highest BCUT2D eigenvalue weighted by Crippen LogP contribution is 1.76. The van der Waals surface area contributed by atoms with E-state index in [-0.39, 0.29) is 13.2 Å². The normalized spacial score (nSPS) is 9.00. The fraction of sp³-hybridized carbons (Fsp3) is 0.750. The molecule has 0 aliphatic rings. The van der Waals surface area contributed by atoms with Crippen molar-refractivity contribution in [1.29, 1.82) is 0 Å². The highest BCUT2D eigenvalue weighted by Gasteiger charge is 1.91. The summed E-state index contributed by atoms with van der Waals surface area (Å²) < 4.78 is 4.64.